The molecule has 4 nitrogen and oxygen atoms in total. The van der Waals surface area contributed by atoms with E-state index in [-0.39, 0.29) is 0 Å². The molecular formula is C20H15N3OS. The zero-order valence-electron chi connectivity index (χ0n) is 13.8. The summed E-state index contributed by atoms with van der Waals surface area (Å²) in [5.74, 6) is 0. The van der Waals surface area contributed by atoms with Gasteiger partial charge in [-0.1, -0.05) is 12.1 Å². The number of thiophene rings is 1. The molecule has 25 heavy (non-hydrogen) atoms. The summed E-state index contributed by atoms with van der Waals surface area (Å²) >= 11 is 1.54. The Morgan fingerprint density at radius 2 is 2.08 bits per heavy atom. The topological polar surface area (TPSA) is 69.8 Å². The van der Waals surface area contributed by atoms with Gasteiger partial charge in [0, 0.05) is 27.4 Å². The first-order chi connectivity index (χ1) is 12.1. The lowest BCUT2D eigenvalue weighted by Gasteiger charge is -2.12. The molecule has 0 aliphatic rings. The number of hydrogen-bond acceptors (Lipinski definition) is 5. The third kappa shape index (κ3) is 2.66. The van der Waals surface area contributed by atoms with Gasteiger partial charge in [0.1, 0.15) is 16.6 Å². The van der Waals surface area contributed by atoms with Crippen molar-refractivity contribution in [3.05, 3.63) is 59.4 Å². The molecule has 5 heteroatoms. The van der Waals surface area contributed by atoms with Crippen LogP contribution in [0.2, 0.25) is 0 Å². The Bertz CT molecular complexity index is 1120. The highest BCUT2D eigenvalue weighted by molar-refractivity contribution is 7.21. The molecule has 0 saturated heterocycles. The van der Waals surface area contributed by atoms with Crippen LogP contribution in [0.3, 0.4) is 0 Å². The molecule has 0 amide bonds. The van der Waals surface area contributed by atoms with Gasteiger partial charge in [0.2, 0.25) is 0 Å². The molecule has 0 aliphatic heterocycles. The minimum Gasteiger partial charge on any atom is -0.389 e. The van der Waals surface area contributed by atoms with Crippen LogP contribution in [-0.4, -0.2) is 15.1 Å². The fourth-order valence-electron chi connectivity index (χ4n) is 3.07. The summed E-state index contributed by atoms with van der Waals surface area (Å²) in [7, 11) is 0. The minimum atomic E-state index is -0.603. The van der Waals surface area contributed by atoms with Crippen molar-refractivity contribution in [2.45, 2.75) is 20.0 Å². The lowest BCUT2D eigenvalue weighted by molar-refractivity contribution is 0.201. The maximum Gasteiger partial charge on any atom is 0.149 e. The summed E-state index contributed by atoms with van der Waals surface area (Å²) in [4.78, 5) is 10.8. The zero-order chi connectivity index (χ0) is 17.6. The molecule has 1 N–H and O–H groups in total. The number of aromatic nitrogens is 2. The van der Waals surface area contributed by atoms with E-state index in [9.17, 15) is 10.4 Å². The number of hydrogen-bond donors (Lipinski definition) is 1. The van der Waals surface area contributed by atoms with Gasteiger partial charge in [-0.2, -0.15) is 5.26 Å². The van der Waals surface area contributed by atoms with Crippen LogP contribution in [0.15, 0.2) is 42.6 Å². The number of nitriles is 1. The van der Waals surface area contributed by atoms with Crippen molar-refractivity contribution in [3.8, 4) is 16.5 Å². The molecule has 1 atom stereocenters. The standard InChI is InChI=1S/C20H15N3OS/c1-11-6-14(12(2)24)15-9-16(18(10-21)23-17(15)7-11)19-8-13-4-3-5-22-20(13)25-19/h3-9,12,24H,1-2H3. The molecule has 4 rings (SSSR count). The van der Waals surface area contributed by atoms with Crippen LogP contribution < -0.4 is 0 Å². The van der Waals surface area contributed by atoms with Gasteiger partial charge in [-0.05, 0) is 49.2 Å². The summed E-state index contributed by atoms with van der Waals surface area (Å²) in [5, 5.41) is 21.7. The molecule has 3 heterocycles. The van der Waals surface area contributed by atoms with Crippen molar-refractivity contribution in [1.82, 2.24) is 9.97 Å². The van der Waals surface area contributed by atoms with E-state index in [1.807, 2.05) is 43.3 Å². The number of aryl methyl sites for hydroxylation is 1. The second-order valence-corrected chi connectivity index (χ2v) is 7.13. The van der Waals surface area contributed by atoms with E-state index in [1.54, 1.807) is 24.5 Å². The lowest BCUT2D eigenvalue weighted by atomic mass is 9.98. The number of nitrogens with zero attached hydrogens (tertiary/aromatic N) is 3. The summed E-state index contributed by atoms with van der Waals surface area (Å²) in [5.41, 5.74) is 3.74. The Morgan fingerprint density at radius 1 is 1.24 bits per heavy atom. The Labute approximate surface area is 149 Å². The van der Waals surface area contributed by atoms with Gasteiger partial charge in [-0.25, -0.2) is 9.97 Å². The van der Waals surface area contributed by atoms with Crippen molar-refractivity contribution in [2.75, 3.05) is 0 Å². The molecule has 0 fully saturated rings. The minimum absolute atomic E-state index is 0.390. The maximum atomic E-state index is 10.1. The monoisotopic (exact) mass is 345 g/mol. The van der Waals surface area contributed by atoms with E-state index in [1.165, 1.54) is 0 Å². The maximum absolute atomic E-state index is 10.1. The Morgan fingerprint density at radius 3 is 2.80 bits per heavy atom. The Kier molecular flexibility index (Phi) is 3.72. The van der Waals surface area contributed by atoms with Gasteiger partial charge in [0.05, 0.1) is 11.6 Å². The number of aliphatic hydroxyl groups excluding tert-OH is 1. The summed E-state index contributed by atoms with van der Waals surface area (Å²) in [6.45, 7) is 3.71. The van der Waals surface area contributed by atoms with Crippen molar-refractivity contribution in [1.29, 1.82) is 5.26 Å². The van der Waals surface area contributed by atoms with Crippen LogP contribution in [-0.2, 0) is 0 Å². The number of benzene rings is 1. The quantitative estimate of drug-likeness (QED) is 0.569. The normalized spacial score (nSPS) is 12.4. The molecule has 0 radical (unpaired) electrons. The molecule has 1 unspecified atom stereocenters. The lowest BCUT2D eigenvalue weighted by Crippen LogP contribution is -1.97. The summed E-state index contributed by atoms with van der Waals surface area (Å²) < 4.78 is 0. The molecule has 0 saturated carbocycles. The van der Waals surface area contributed by atoms with E-state index in [4.69, 9.17) is 0 Å². The zero-order valence-corrected chi connectivity index (χ0v) is 14.6. The predicted octanol–water partition coefficient (Wildman–Crippen LogP) is 4.74. The van der Waals surface area contributed by atoms with Crippen LogP contribution in [0.5, 0.6) is 0 Å². The second-order valence-electron chi connectivity index (χ2n) is 6.10. The van der Waals surface area contributed by atoms with Gasteiger partial charge in [-0.15, -0.1) is 11.3 Å². The first-order valence-corrected chi connectivity index (χ1v) is 8.77. The fourth-order valence-corrected chi connectivity index (χ4v) is 4.09. The molecule has 0 spiro atoms. The van der Waals surface area contributed by atoms with Gasteiger partial charge < -0.3 is 5.11 Å². The summed E-state index contributed by atoms with van der Waals surface area (Å²) in [6.07, 6.45) is 1.16. The van der Waals surface area contributed by atoms with Gasteiger partial charge in [0.15, 0.2) is 0 Å². The predicted molar refractivity (Wildman–Crippen MR) is 100 cm³/mol. The van der Waals surface area contributed by atoms with Crippen molar-refractivity contribution < 1.29 is 5.11 Å². The van der Waals surface area contributed by atoms with E-state index in [2.05, 4.69) is 16.0 Å². The van der Waals surface area contributed by atoms with E-state index >= 15 is 0 Å². The highest BCUT2D eigenvalue weighted by Gasteiger charge is 2.16. The van der Waals surface area contributed by atoms with Crippen molar-refractivity contribution >= 4 is 32.5 Å². The molecule has 0 bridgehead atoms. The average molecular weight is 345 g/mol. The summed E-state index contributed by atoms with van der Waals surface area (Å²) in [6, 6.07) is 14.0. The second kappa shape index (κ2) is 5.92. The first-order valence-electron chi connectivity index (χ1n) is 7.95. The molecule has 122 valence electrons. The van der Waals surface area contributed by atoms with E-state index in [0.717, 1.165) is 42.7 Å². The number of pyridine rings is 2. The Balaban J connectivity index is 2.04. The number of aliphatic hydroxyl groups is 1. The molecular weight excluding hydrogens is 330 g/mol. The highest BCUT2D eigenvalue weighted by atomic mass is 32.1. The van der Waals surface area contributed by atoms with E-state index < -0.39 is 6.10 Å². The SMILES string of the molecule is Cc1cc(C(C)O)c2cc(-c3cc4cccnc4s3)c(C#N)nc2c1. The van der Waals surface area contributed by atoms with Crippen LogP contribution in [0, 0.1) is 18.3 Å². The van der Waals surface area contributed by atoms with Crippen LogP contribution in [0.1, 0.15) is 29.8 Å². The fraction of sp³-hybridized carbons (Fsp3) is 0.150. The number of fused-ring (bicyclic) bond motifs is 2. The van der Waals surface area contributed by atoms with Crippen LogP contribution >= 0.6 is 11.3 Å². The van der Waals surface area contributed by atoms with Crippen LogP contribution in [0.4, 0.5) is 0 Å². The molecule has 1 aromatic carbocycles. The molecule has 3 aromatic heterocycles. The largest absolute Gasteiger partial charge is 0.389 e. The van der Waals surface area contributed by atoms with Crippen molar-refractivity contribution in [2.24, 2.45) is 0 Å². The molecule has 4 aromatic rings. The number of rotatable bonds is 2. The van der Waals surface area contributed by atoms with E-state index in [0.29, 0.717) is 5.69 Å². The van der Waals surface area contributed by atoms with Gasteiger partial charge >= 0.3 is 0 Å². The third-order valence-corrected chi connectivity index (χ3v) is 5.32. The van der Waals surface area contributed by atoms with Gasteiger partial charge in [-0.3, -0.25) is 0 Å². The average Bonchev–Trinajstić information content (AvgIpc) is 3.03. The van der Waals surface area contributed by atoms with Gasteiger partial charge in [0.25, 0.3) is 0 Å². The smallest absolute Gasteiger partial charge is 0.149 e. The highest BCUT2D eigenvalue weighted by Crippen LogP contribution is 2.36. The Hall–Kier alpha value is -2.81. The first kappa shape index (κ1) is 15.7. The van der Waals surface area contributed by atoms with Crippen LogP contribution in [0.25, 0.3) is 31.6 Å². The third-order valence-electron chi connectivity index (χ3n) is 4.23. The molecule has 0 aliphatic carbocycles. The van der Waals surface area contributed by atoms with Crippen molar-refractivity contribution in [3.63, 3.8) is 0 Å².